The van der Waals surface area contributed by atoms with Crippen LogP contribution < -0.4 is 10.7 Å². The third kappa shape index (κ3) is 2.23. The van der Waals surface area contributed by atoms with Crippen LogP contribution in [0.2, 0.25) is 0 Å². The van der Waals surface area contributed by atoms with Crippen LogP contribution in [0.15, 0.2) is 11.4 Å². The lowest BCUT2D eigenvalue weighted by atomic mass is 10.4. The van der Waals surface area contributed by atoms with Crippen molar-refractivity contribution in [3.63, 3.8) is 0 Å². The molecule has 0 atom stereocenters. The van der Waals surface area contributed by atoms with Gasteiger partial charge in [-0.25, -0.2) is 9.99 Å². The van der Waals surface area contributed by atoms with Crippen molar-refractivity contribution < 1.29 is 0 Å². The predicted octanol–water partition coefficient (Wildman–Crippen LogP) is 2.01. The number of aromatic nitrogens is 2. The number of rotatable bonds is 4. The second kappa shape index (κ2) is 4.63. The van der Waals surface area contributed by atoms with E-state index in [0.29, 0.717) is 5.95 Å². The molecule has 86 valence electrons. The molecule has 0 saturated carbocycles. The minimum atomic E-state index is 0.668. The van der Waals surface area contributed by atoms with Crippen molar-refractivity contribution in [1.82, 2.24) is 15.0 Å². The van der Waals surface area contributed by atoms with Crippen molar-refractivity contribution in [3.8, 4) is 0 Å². The summed E-state index contributed by atoms with van der Waals surface area (Å²) in [5.41, 5.74) is 3.18. The first-order chi connectivity index (χ1) is 7.70. The summed E-state index contributed by atoms with van der Waals surface area (Å²) in [4.78, 5) is 9.86. The molecule has 0 aliphatic rings. The number of hydrogen-bond acceptors (Lipinski definition) is 6. The van der Waals surface area contributed by atoms with Crippen LogP contribution >= 0.6 is 11.3 Å². The zero-order chi connectivity index (χ0) is 11.5. The summed E-state index contributed by atoms with van der Waals surface area (Å²) in [6, 6.07) is 2.03. The Kier molecular flexibility index (Phi) is 3.21. The summed E-state index contributed by atoms with van der Waals surface area (Å²) < 4.78 is 0. The lowest BCUT2D eigenvalue weighted by molar-refractivity contribution is 0.493. The number of fused-ring (bicyclic) bond motifs is 1. The van der Waals surface area contributed by atoms with Gasteiger partial charge in [-0.3, -0.25) is 0 Å². The number of thiophene rings is 1. The van der Waals surface area contributed by atoms with E-state index in [0.717, 1.165) is 22.6 Å². The normalized spacial score (nSPS) is 11.0. The van der Waals surface area contributed by atoms with E-state index in [1.807, 2.05) is 37.5 Å². The number of anilines is 2. The summed E-state index contributed by atoms with van der Waals surface area (Å²) in [6.45, 7) is 2.85. The van der Waals surface area contributed by atoms with Crippen molar-refractivity contribution in [1.29, 1.82) is 0 Å². The maximum absolute atomic E-state index is 4.43. The third-order valence-corrected chi connectivity index (χ3v) is 2.80. The Bertz CT molecular complexity index is 479. The lowest BCUT2D eigenvalue weighted by Crippen LogP contribution is -2.21. The van der Waals surface area contributed by atoms with Gasteiger partial charge in [0.2, 0.25) is 5.95 Å². The fourth-order valence-electron chi connectivity index (χ4n) is 1.39. The average Bonchev–Trinajstić information content (AvgIpc) is 2.65. The first-order valence-electron chi connectivity index (χ1n) is 5.13. The van der Waals surface area contributed by atoms with Gasteiger partial charge in [0.05, 0.1) is 5.39 Å². The molecule has 0 aromatic carbocycles. The monoisotopic (exact) mass is 237 g/mol. The second-order valence-electron chi connectivity index (χ2n) is 3.57. The summed E-state index contributed by atoms with van der Waals surface area (Å²) >= 11 is 1.62. The second-order valence-corrected chi connectivity index (χ2v) is 4.47. The van der Waals surface area contributed by atoms with Gasteiger partial charge in [0, 0.05) is 20.6 Å². The van der Waals surface area contributed by atoms with E-state index >= 15 is 0 Å². The van der Waals surface area contributed by atoms with E-state index in [1.54, 1.807) is 11.3 Å². The molecule has 2 rings (SSSR count). The molecule has 0 aliphatic carbocycles. The summed E-state index contributed by atoms with van der Waals surface area (Å²) in [5.74, 6) is 1.51. The van der Waals surface area contributed by atoms with Crippen LogP contribution in [0.4, 0.5) is 11.8 Å². The maximum atomic E-state index is 4.43. The Hall–Kier alpha value is -1.40. The van der Waals surface area contributed by atoms with Gasteiger partial charge in [-0.05, 0) is 18.4 Å². The standard InChI is InChI=1S/C10H15N5S/c1-4-11-10-12-8(14-15(2)3)7-5-6-16-9(7)13-10/h5-6H,4H2,1-3H3,(H2,11,12,13,14). The zero-order valence-electron chi connectivity index (χ0n) is 9.61. The van der Waals surface area contributed by atoms with Gasteiger partial charge in [0.1, 0.15) is 4.83 Å². The highest BCUT2D eigenvalue weighted by atomic mass is 32.1. The Balaban J connectivity index is 2.46. The van der Waals surface area contributed by atoms with Crippen molar-refractivity contribution in [2.24, 2.45) is 0 Å². The molecule has 0 fully saturated rings. The van der Waals surface area contributed by atoms with Crippen LogP contribution in [-0.2, 0) is 0 Å². The fraction of sp³-hybridized carbons (Fsp3) is 0.400. The summed E-state index contributed by atoms with van der Waals surface area (Å²) in [6.07, 6.45) is 0. The van der Waals surface area contributed by atoms with E-state index in [2.05, 4.69) is 20.7 Å². The maximum Gasteiger partial charge on any atom is 0.226 e. The van der Waals surface area contributed by atoms with Gasteiger partial charge >= 0.3 is 0 Å². The lowest BCUT2D eigenvalue weighted by Gasteiger charge is -2.14. The number of nitrogens with one attached hydrogen (secondary N) is 2. The highest BCUT2D eigenvalue weighted by Gasteiger charge is 2.08. The van der Waals surface area contributed by atoms with Gasteiger partial charge in [-0.1, -0.05) is 0 Å². The van der Waals surface area contributed by atoms with Crippen LogP contribution in [0.1, 0.15) is 6.92 Å². The number of hydrazine groups is 1. The number of nitrogens with zero attached hydrogens (tertiary/aromatic N) is 3. The molecular weight excluding hydrogens is 222 g/mol. The summed E-state index contributed by atoms with van der Waals surface area (Å²) in [7, 11) is 3.88. The van der Waals surface area contributed by atoms with E-state index in [9.17, 15) is 0 Å². The molecule has 2 N–H and O–H groups in total. The van der Waals surface area contributed by atoms with Crippen LogP contribution in [0, 0.1) is 0 Å². The molecule has 0 unspecified atom stereocenters. The molecular formula is C10H15N5S. The van der Waals surface area contributed by atoms with E-state index < -0.39 is 0 Å². The smallest absolute Gasteiger partial charge is 0.226 e. The molecule has 0 aliphatic heterocycles. The molecule has 0 spiro atoms. The zero-order valence-corrected chi connectivity index (χ0v) is 10.4. The molecule has 0 amide bonds. The first-order valence-corrected chi connectivity index (χ1v) is 6.01. The predicted molar refractivity (Wildman–Crippen MR) is 68.9 cm³/mol. The Morgan fingerprint density at radius 3 is 2.88 bits per heavy atom. The molecule has 16 heavy (non-hydrogen) atoms. The molecule has 0 bridgehead atoms. The van der Waals surface area contributed by atoms with Crippen LogP contribution in [0.25, 0.3) is 10.2 Å². The minimum absolute atomic E-state index is 0.668. The highest BCUT2D eigenvalue weighted by Crippen LogP contribution is 2.26. The van der Waals surface area contributed by atoms with E-state index in [4.69, 9.17) is 0 Å². The molecule has 6 heteroatoms. The van der Waals surface area contributed by atoms with E-state index in [1.165, 1.54) is 0 Å². The Morgan fingerprint density at radius 1 is 1.38 bits per heavy atom. The van der Waals surface area contributed by atoms with Crippen molar-refractivity contribution in [2.75, 3.05) is 31.4 Å². The van der Waals surface area contributed by atoms with Crippen molar-refractivity contribution in [3.05, 3.63) is 11.4 Å². The molecule has 5 nitrogen and oxygen atoms in total. The fourth-order valence-corrected chi connectivity index (χ4v) is 2.15. The van der Waals surface area contributed by atoms with Crippen LogP contribution in [-0.4, -0.2) is 35.6 Å². The SMILES string of the molecule is CCNc1nc(NN(C)C)c2ccsc2n1. The molecule has 2 aromatic rings. The molecule has 0 radical (unpaired) electrons. The van der Waals surface area contributed by atoms with Crippen molar-refractivity contribution >= 4 is 33.3 Å². The molecule has 2 heterocycles. The van der Waals surface area contributed by atoms with Crippen LogP contribution in [0.5, 0.6) is 0 Å². The van der Waals surface area contributed by atoms with Gasteiger partial charge < -0.3 is 10.7 Å². The van der Waals surface area contributed by atoms with Gasteiger partial charge in [-0.2, -0.15) is 4.98 Å². The topological polar surface area (TPSA) is 53.1 Å². The van der Waals surface area contributed by atoms with Gasteiger partial charge in [0.25, 0.3) is 0 Å². The average molecular weight is 237 g/mol. The minimum Gasteiger partial charge on any atom is -0.354 e. The van der Waals surface area contributed by atoms with Gasteiger partial charge in [-0.15, -0.1) is 11.3 Å². The Morgan fingerprint density at radius 2 is 2.19 bits per heavy atom. The summed E-state index contributed by atoms with van der Waals surface area (Å²) in [5, 5.41) is 8.08. The highest BCUT2D eigenvalue weighted by molar-refractivity contribution is 7.16. The quantitative estimate of drug-likeness (QED) is 0.797. The largest absolute Gasteiger partial charge is 0.354 e. The third-order valence-electron chi connectivity index (χ3n) is 1.99. The first kappa shape index (κ1) is 11.1. The molecule has 2 aromatic heterocycles. The van der Waals surface area contributed by atoms with Gasteiger partial charge in [0.15, 0.2) is 5.82 Å². The van der Waals surface area contributed by atoms with E-state index in [-0.39, 0.29) is 0 Å². The Labute approximate surface area is 98.5 Å². The van der Waals surface area contributed by atoms with Crippen molar-refractivity contribution in [2.45, 2.75) is 6.92 Å². The molecule has 0 saturated heterocycles. The number of hydrogen-bond donors (Lipinski definition) is 2. The van der Waals surface area contributed by atoms with Crippen LogP contribution in [0.3, 0.4) is 0 Å².